The zero-order valence-electron chi connectivity index (χ0n) is 25.9. The van der Waals surface area contributed by atoms with Crippen LogP contribution in [-0.4, -0.2) is 23.3 Å². The van der Waals surface area contributed by atoms with Crippen LogP contribution in [0.4, 0.5) is 0 Å². The van der Waals surface area contributed by atoms with Crippen LogP contribution in [0.15, 0.2) is 11.6 Å². The molecule has 0 saturated heterocycles. The van der Waals surface area contributed by atoms with Crippen molar-refractivity contribution in [3.8, 4) is 6.07 Å². The van der Waals surface area contributed by atoms with Crippen LogP contribution in [0.25, 0.3) is 0 Å². The van der Waals surface area contributed by atoms with E-state index >= 15 is 0 Å². The molecule has 0 aromatic heterocycles. The zero-order chi connectivity index (χ0) is 28.8. The van der Waals surface area contributed by atoms with Crippen molar-refractivity contribution in [1.82, 2.24) is 0 Å². The maximum Gasteiger partial charge on any atom is 0.178 e. The third-order valence-electron chi connectivity index (χ3n) is 12.2. The molecule has 4 heteroatoms. The van der Waals surface area contributed by atoms with Crippen LogP contribution in [0.1, 0.15) is 133 Å². The molecule has 0 aromatic rings. The monoisotopic (exact) mass is 525 g/mol. The second-order valence-corrected chi connectivity index (χ2v) is 15.8. The van der Waals surface area contributed by atoms with Crippen molar-refractivity contribution in [2.75, 3.05) is 6.61 Å². The number of ketones is 2. The van der Waals surface area contributed by atoms with E-state index in [1.54, 1.807) is 0 Å². The fourth-order valence-corrected chi connectivity index (χ4v) is 9.31. The first kappa shape index (κ1) is 31.1. The van der Waals surface area contributed by atoms with Crippen molar-refractivity contribution in [2.45, 2.75) is 133 Å². The van der Waals surface area contributed by atoms with Crippen LogP contribution in [0.5, 0.6) is 0 Å². The first-order valence-corrected chi connectivity index (χ1v) is 15.2. The highest BCUT2D eigenvalue weighted by Gasteiger charge is 2.66. The van der Waals surface area contributed by atoms with Gasteiger partial charge in [-0.25, -0.2) is 0 Å². The van der Waals surface area contributed by atoms with Gasteiger partial charge in [0.05, 0.1) is 5.57 Å². The first-order chi connectivity index (χ1) is 17.4. The lowest BCUT2D eigenvalue weighted by Crippen LogP contribution is -2.62. The van der Waals surface area contributed by atoms with Gasteiger partial charge in [-0.2, -0.15) is 5.26 Å². The molecule has 0 radical (unpaired) electrons. The number of aliphatic hydroxyl groups excluding tert-OH is 1. The SMILES string of the molecule is CCCC(C)(C)CC[C@](C)(CCO)CC[C@]1(C)CC(=O)C[C@@H]2[C@@]3(C)C=C(C#N)C(=O)C(C)(C)[C@@H]3CC[C@]21C. The molecular formula is C34H55NO3. The average molecular weight is 526 g/mol. The molecule has 1 N–H and O–H groups in total. The van der Waals surface area contributed by atoms with Gasteiger partial charge in [0, 0.05) is 24.9 Å². The maximum atomic E-state index is 13.5. The van der Waals surface area contributed by atoms with Crippen LogP contribution in [0.3, 0.4) is 0 Å². The van der Waals surface area contributed by atoms with E-state index in [0.717, 1.165) is 44.9 Å². The van der Waals surface area contributed by atoms with Crippen LogP contribution in [0.2, 0.25) is 0 Å². The van der Waals surface area contributed by atoms with E-state index in [4.69, 9.17) is 0 Å². The Bertz CT molecular complexity index is 1000. The molecule has 3 aliphatic rings. The number of rotatable bonds is 10. The molecule has 0 amide bonds. The Hall–Kier alpha value is -1.47. The number of allylic oxidation sites excluding steroid dienone is 2. The Morgan fingerprint density at radius 1 is 1.00 bits per heavy atom. The highest BCUT2D eigenvalue weighted by molar-refractivity contribution is 6.04. The maximum absolute atomic E-state index is 13.5. The Morgan fingerprint density at radius 3 is 2.24 bits per heavy atom. The van der Waals surface area contributed by atoms with E-state index in [2.05, 4.69) is 54.5 Å². The number of aliphatic hydroxyl groups is 1. The smallest absolute Gasteiger partial charge is 0.178 e. The van der Waals surface area contributed by atoms with E-state index in [1.165, 1.54) is 12.8 Å². The highest BCUT2D eigenvalue weighted by atomic mass is 16.3. The van der Waals surface area contributed by atoms with Crippen molar-refractivity contribution in [2.24, 2.45) is 44.3 Å². The molecule has 3 aliphatic carbocycles. The summed E-state index contributed by atoms with van der Waals surface area (Å²) in [5, 5.41) is 19.8. The fraction of sp³-hybridized carbons (Fsp3) is 0.853. The van der Waals surface area contributed by atoms with Gasteiger partial charge in [-0.15, -0.1) is 0 Å². The zero-order valence-corrected chi connectivity index (χ0v) is 25.9. The molecule has 3 rings (SSSR count). The number of fused-ring (bicyclic) bond motifs is 3. The minimum atomic E-state index is -0.599. The summed E-state index contributed by atoms with van der Waals surface area (Å²) in [5.41, 5.74) is -0.532. The number of hydrogen-bond acceptors (Lipinski definition) is 4. The van der Waals surface area contributed by atoms with Gasteiger partial charge >= 0.3 is 0 Å². The van der Waals surface area contributed by atoms with E-state index in [0.29, 0.717) is 24.0 Å². The Kier molecular flexibility index (Phi) is 8.58. The summed E-state index contributed by atoms with van der Waals surface area (Å²) in [5.74, 6) is 0.532. The third-order valence-corrected chi connectivity index (χ3v) is 12.2. The lowest BCUT2D eigenvalue weighted by molar-refractivity contribution is -0.175. The van der Waals surface area contributed by atoms with E-state index in [9.17, 15) is 20.0 Å². The van der Waals surface area contributed by atoms with Crippen molar-refractivity contribution in [3.05, 3.63) is 11.6 Å². The normalized spacial score (nSPS) is 36.5. The largest absolute Gasteiger partial charge is 0.396 e. The Balaban J connectivity index is 1.94. The summed E-state index contributed by atoms with van der Waals surface area (Å²) in [4.78, 5) is 26.6. The molecule has 0 aromatic carbocycles. The summed E-state index contributed by atoms with van der Waals surface area (Å²) in [6.07, 6.45) is 12.5. The summed E-state index contributed by atoms with van der Waals surface area (Å²) in [6.45, 7) is 20.5. The van der Waals surface area contributed by atoms with E-state index < -0.39 is 5.41 Å². The Morgan fingerprint density at radius 2 is 1.66 bits per heavy atom. The van der Waals surface area contributed by atoms with Gasteiger partial charge in [0.1, 0.15) is 11.9 Å². The molecule has 0 heterocycles. The van der Waals surface area contributed by atoms with Crippen molar-refractivity contribution in [1.29, 1.82) is 5.26 Å². The second kappa shape index (κ2) is 10.5. The lowest BCUT2D eigenvalue weighted by Gasteiger charge is -2.66. The standard InChI is InChI=1S/C34H55NO3/c1-10-12-29(2,3)14-15-31(6,18-19-36)16-17-32(7)22-25(37)20-27-33(8)21-24(23-35)28(38)30(4,5)26(33)11-13-34(27,32)9/h21,26-27,36H,10-20,22H2,1-9H3/t26-,27+,31-,32+,33-,34+/m0/s1. The molecule has 0 bridgehead atoms. The average Bonchev–Trinajstić information content (AvgIpc) is 2.81. The Labute approximate surface area is 233 Å². The predicted molar refractivity (Wildman–Crippen MR) is 154 cm³/mol. The van der Waals surface area contributed by atoms with Crippen LogP contribution in [0, 0.1) is 55.7 Å². The molecule has 6 atom stereocenters. The number of Topliss-reactive ketones (excluding diaryl/α,β-unsaturated/α-hetero) is 2. The van der Waals surface area contributed by atoms with Crippen molar-refractivity contribution in [3.63, 3.8) is 0 Å². The van der Waals surface area contributed by atoms with Crippen molar-refractivity contribution >= 4 is 11.6 Å². The predicted octanol–water partition coefficient (Wildman–Crippen LogP) is 8.23. The van der Waals surface area contributed by atoms with Crippen LogP contribution in [-0.2, 0) is 9.59 Å². The number of carbonyl (C=O) groups excluding carboxylic acids is 2. The van der Waals surface area contributed by atoms with E-state index in [1.807, 2.05) is 19.9 Å². The van der Waals surface area contributed by atoms with Gasteiger partial charge in [-0.1, -0.05) is 74.8 Å². The van der Waals surface area contributed by atoms with Gasteiger partial charge in [-0.05, 0) is 90.3 Å². The molecule has 4 nitrogen and oxygen atoms in total. The van der Waals surface area contributed by atoms with Crippen LogP contribution < -0.4 is 0 Å². The molecule has 2 fully saturated rings. The summed E-state index contributed by atoms with van der Waals surface area (Å²) < 4.78 is 0. The molecule has 0 unspecified atom stereocenters. The number of nitriles is 1. The van der Waals surface area contributed by atoms with Crippen LogP contribution >= 0.6 is 0 Å². The number of carbonyl (C=O) groups is 2. The molecule has 214 valence electrons. The highest BCUT2D eigenvalue weighted by Crippen LogP contribution is 2.70. The van der Waals surface area contributed by atoms with Crippen molar-refractivity contribution < 1.29 is 14.7 Å². The first-order valence-electron chi connectivity index (χ1n) is 15.2. The molecular weight excluding hydrogens is 470 g/mol. The van der Waals surface area contributed by atoms with Gasteiger partial charge in [0.15, 0.2) is 5.78 Å². The van der Waals surface area contributed by atoms with Gasteiger partial charge in [0.25, 0.3) is 0 Å². The molecule has 0 aliphatic heterocycles. The molecule has 38 heavy (non-hydrogen) atoms. The summed E-state index contributed by atoms with van der Waals surface area (Å²) in [6, 6.07) is 2.20. The third kappa shape index (κ3) is 5.31. The summed E-state index contributed by atoms with van der Waals surface area (Å²) >= 11 is 0. The number of hydrogen-bond donors (Lipinski definition) is 1. The van der Waals surface area contributed by atoms with Gasteiger partial charge in [-0.3, -0.25) is 9.59 Å². The molecule has 0 spiro atoms. The summed E-state index contributed by atoms with van der Waals surface area (Å²) in [7, 11) is 0. The lowest BCUT2D eigenvalue weighted by atomic mass is 9.37. The molecule has 2 saturated carbocycles. The quantitative estimate of drug-likeness (QED) is 0.311. The van der Waals surface area contributed by atoms with Gasteiger partial charge < -0.3 is 5.11 Å². The number of nitrogens with zero attached hydrogens (tertiary/aromatic N) is 1. The second-order valence-electron chi connectivity index (χ2n) is 15.8. The fourth-order valence-electron chi connectivity index (χ4n) is 9.31. The van der Waals surface area contributed by atoms with Gasteiger partial charge in [0.2, 0.25) is 0 Å². The van der Waals surface area contributed by atoms with E-state index in [-0.39, 0.29) is 51.5 Å². The minimum absolute atomic E-state index is 0.0401. The topological polar surface area (TPSA) is 78.2 Å². The minimum Gasteiger partial charge on any atom is -0.396 e.